The number of carbonyl (C=O) groups excluding carboxylic acids is 1. The van der Waals surface area contributed by atoms with Gasteiger partial charge < -0.3 is 15.0 Å². The van der Waals surface area contributed by atoms with Gasteiger partial charge in [0.15, 0.2) is 0 Å². The average Bonchev–Trinajstić information content (AvgIpc) is 2.70. The van der Waals surface area contributed by atoms with Gasteiger partial charge in [0, 0.05) is 6.54 Å². The van der Waals surface area contributed by atoms with E-state index in [0.29, 0.717) is 17.6 Å². The summed E-state index contributed by atoms with van der Waals surface area (Å²) >= 11 is 0. The van der Waals surface area contributed by atoms with Crippen molar-refractivity contribution >= 4 is 16.9 Å². The predicted octanol–water partition coefficient (Wildman–Crippen LogP) is 1.82. The van der Waals surface area contributed by atoms with Crippen LogP contribution in [0.2, 0.25) is 0 Å². The Kier molecular flexibility index (Phi) is 6.06. The molecular weight excluding hydrogens is 356 g/mol. The molecule has 3 rings (SSSR count). The number of para-hydroxylation sites is 2. The second-order valence-corrected chi connectivity index (χ2v) is 6.73. The van der Waals surface area contributed by atoms with E-state index in [9.17, 15) is 9.59 Å². The molecule has 0 spiro atoms. The van der Waals surface area contributed by atoms with E-state index in [-0.39, 0.29) is 24.1 Å². The van der Waals surface area contributed by atoms with E-state index in [4.69, 9.17) is 4.74 Å². The van der Waals surface area contributed by atoms with E-state index in [1.54, 1.807) is 13.2 Å². The Bertz CT molecular complexity index is 1010. The molecule has 146 valence electrons. The van der Waals surface area contributed by atoms with Gasteiger partial charge in [-0.1, -0.05) is 24.3 Å². The van der Waals surface area contributed by atoms with Crippen LogP contribution in [0.1, 0.15) is 11.6 Å². The van der Waals surface area contributed by atoms with Crippen LogP contribution in [0.5, 0.6) is 5.75 Å². The number of methoxy groups -OCH3 is 1. The Hall–Kier alpha value is -3.19. The first kappa shape index (κ1) is 19.6. The van der Waals surface area contributed by atoms with Crippen LogP contribution in [0, 0.1) is 0 Å². The standard InChI is InChI=1S/C21H24N4O3/c1-24(2)19(15-8-10-16(28-3)11-9-15)12-23-20(26)14-25-18-7-5-4-6-17(18)22-13-21(25)27/h4-11,13,19H,12,14H2,1-3H3,(H,23,26). The number of amides is 1. The van der Waals surface area contributed by atoms with Crippen LogP contribution in [0.15, 0.2) is 59.5 Å². The highest BCUT2D eigenvalue weighted by molar-refractivity contribution is 5.79. The molecule has 2 aromatic carbocycles. The van der Waals surface area contributed by atoms with Crippen molar-refractivity contribution in [2.75, 3.05) is 27.7 Å². The van der Waals surface area contributed by atoms with Gasteiger partial charge in [0.05, 0.1) is 30.4 Å². The van der Waals surface area contributed by atoms with Crippen molar-refractivity contribution in [3.63, 3.8) is 0 Å². The minimum Gasteiger partial charge on any atom is -0.497 e. The molecule has 0 aliphatic rings. The molecule has 7 heteroatoms. The van der Waals surface area contributed by atoms with Crippen LogP contribution >= 0.6 is 0 Å². The molecule has 0 fully saturated rings. The molecule has 1 atom stereocenters. The fraction of sp³-hybridized carbons (Fsp3) is 0.286. The molecule has 0 aliphatic carbocycles. The van der Waals surface area contributed by atoms with Crippen molar-refractivity contribution in [2.45, 2.75) is 12.6 Å². The number of fused-ring (bicyclic) bond motifs is 1. The summed E-state index contributed by atoms with van der Waals surface area (Å²) in [5.41, 5.74) is 2.09. The smallest absolute Gasteiger partial charge is 0.269 e. The second kappa shape index (κ2) is 8.67. The van der Waals surface area contributed by atoms with Gasteiger partial charge in [-0.2, -0.15) is 0 Å². The Morgan fingerprint density at radius 3 is 2.57 bits per heavy atom. The van der Waals surface area contributed by atoms with Gasteiger partial charge in [0.25, 0.3) is 5.56 Å². The zero-order chi connectivity index (χ0) is 20.1. The van der Waals surface area contributed by atoms with Crippen LogP contribution in [-0.4, -0.2) is 48.1 Å². The lowest BCUT2D eigenvalue weighted by Gasteiger charge is -2.25. The Labute approximate surface area is 163 Å². The van der Waals surface area contributed by atoms with Crippen molar-refractivity contribution in [2.24, 2.45) is 0 Å². The zero-order valence-electron chi connectivity index (χ0n) is 16.3. The number of hydrogen-bond donors (Lipinski definition) is 1. The summed E-state index contributed by atoms with van der Waals surface area (Å²) in [4.78, 5) is 30.9. The van der Waals surface area contributed by atoms with Gasteiger partial charge in [-0.05, 0) is 43.9 Å². The maximum atomic E-state index is 12.5. The van der Waals surface area contributed by atoms with Gasteiger partial charge >= 0.3 is 0 Å². The number of likely N-dealkylation sites (N-methyl/N-ethyl adjacent to an activating group) is 1. The van der Waals surface area contributed by atoms with Crippen LogP contribution in [0.4, 0.5) is 0 Å². The van der Waals surface area contributed by atoms with Gasteiger partial charge in [-0.25, -0.2) is 4.98 Å². The first-order valence-electron chi connectivity index (χ1n) is 9.01. The maximum Gasteiger partial charge on any atom is 0.269 e. The lowest BCUT2D eigenvalue weighted by atomic mass is 10.1. The van der Waals surface area contributed by atoms with Gasteiger partial charge in [-0.15, -0.1) is 0 Å². The zero-order valence-corrected chi connectivity index (χ0v) is 16.3. The normalized spacial score (nSPS) is 12.1. The number of hydrogen-bond acceptors (Lipinski definition) is 5. The predicted molar refractivity (Wildman–Crippen MR) is 108 cm³/mol. The van der Waals surface area contributed by atoms with Gasteiger partial charge in [0.1, 0.15) is 12.3 Å². The van der Waals surface area contributed by atoms with E-state index < -0.39 is 0 Å². The van der Waals surface area contributed by atoms with Gasteiger partial charge in [0.2, 0.25) is 5.91 Å². The monoisotopic (exact) mass is 380 g/mol. The molecule has 28 heavy (non-hydrogen) atoms. The Morgan fingerprint density at radius 2 is 1.89 bits per heavy atom. The molecule has 1 amide bonds. The fourth-order valence-corrected chi connectivity index (χ4v) is 3.11. The second-order valence-electron chi connectivity index (χ2n) is 6.73. The van der Waals surface area contributed by atoms with E-state index in [1.807, 2.05) is 61.5 Å². The Morgan fingerprint density at radius 1 is 1.18 bits per heavy atom. The molecule has 0 radical (unpaired) electrons. The van der Waals surface area contributed by atoms with Crippen LogP contribution in [0.25, 0.3) is 11.0 Å². The highest BCUT2D eigenvalue weighted by Crippen LogP contribution is 2.20. The third kappa shape index (κ3) is 4.37. The number of nitrogens with zero attached hydrogens (tertiary/aromatic N) is 3. The SMILES string of the molecule is COc1ccc(C(CNC(=O)Cn2c(=O)cnc3ccccc32)N(C)C)cc1. The summed E-state index contributed by atoms with van der Waals surface area (Å²) in [7, 11) is 5.55. The molecular formula is C21H24N4O3. The van der Waals surface area contributed by atoms with Crippen molar-refractivity contribution in [1.82, 2.24) is 19.8 Å². The third-order valence-electron chi connectivity index (χ3n) is 4.67. The summed E-state index contributed by atoms with van der Waals surface area (Å²) in [5.74, 6) is 0.563. The summed E-state index contributed by atoms with van der Waals surface area (Å²) in [6, 6.07) is 15.0. The minimum absolute atomic E-state index is 0.000706. The number of benzene rings is 2. The van der Waals surface area contributed by atoms with E-state index in [0.717, 1.165) is 11.3 Å². The van der Waals surface area contributed by atoms with E-state index in [2.05, 4.69) is 10.3 Å². The highest BCUT2D eigenvalue weighted by Gasteiger charge is 2.16. The minimum atomic E-state index is -0.298. The number of nitrogens with one attached hydrogen (secondary N) is 1. The van der Waals surface area contributed by atoms with E-state index in [1.165, 1.54) is 10.8 Å². The fourth-order valence-electron chi connectivity index (χ4n) is 3.11. The Balaban J connectivity index is 1.72. The van der Waals surface area contributed by atoms with E-state index >= 15 is 0 Å². The number of aromatic nitrogens is 2. The summed E-state index contributed by atoms with van der Waals surface area (Å²) < 4.78 is 6.64. The lowest BCUT2D eigenvalue weighted by molar-refractivity contribution is -0.121. The molecule has 0 bridgehead atoms. The van der Waals surface area contributed by atoms with Crippen molar-refractivity contribution in [3.05, 3.63) is 70.6 Å². The molecule has 3 aromatic rings. The van der Waals surface area contributed by atoms with Crippen molar-refractivity contribution < 1.29 is 9.53 Å². The van der Waals surface area contributed by atoms with Crippen LogP contribution in [-0.2, 0) is 11.3 Å². The van der Waals surface area contributed by atoms with Crippen LogP contribution in [0.3, 0.4) is 0 Å². The van der Waals surface area contributed by atoms with Crippen molar-refractivity contribution in [3.8, 4) is 5.75 Å². The number of rotatable bonds is 7. The lowest BCUT2D eigenvalue weighted by Crippen LogP contribution is -2.38. The molecule has 1 heterocycles. The summed E-state index contributed by atoms with van der Waals surface area (Å²) in [6.07, 6.45) is 1.25. The maximum absolute atomic E-state index is 12.5. The number of carbonyl (C=O) groups is 1. The molecule has 1 unspecified atom stereocenters. The average molecular weight is 380 g/mol. The molecule has 7 nitrogen and oxygen atoms in total. The molecule has 1 N–H and O–H groups in total. The first-order chi connectivity index (χ1) is 13.5. The van der Waals surface area contributed by atoms with Gasteiger partial charge in [-0.3, -0.25) is 14.2 Å². The number of ether oxygens (including phenoxy) is 1. The molecule has 0 aliphatic heterocycles. The van der Waals surface area contributed by atoms with Crippen molar-refractivity contribution in [1.29, 1.82) is 0 Å². The van der Waals surface area contributed by atoms with Crippen LogP contribution < -0.4 is 15.6 Å². The largest absolute Gasteiger partial charge is 0.497 e. The third-order valence-corrected chi connectivity index (χ3v) is 4.67. The topological polar surface area (TPSA) is 76.5 Å². The first-order valence-corrected chi connectivity index (χ1v) is 9.01. The quantitative estimate of drug-likeness (QED) is 0.677. The summed E-state index contributed by atoms with van der Waals surface area (Å²) in [6.45, 7) is 0.376. The molecule has 0 saturated carbocycles. The summed E-state index contributed by atoms with van der Waals surface area (Å²) in [5, 5.41) is 2.94. The highest BCUT2D eigenvalue weighted by atomic mass is 16.5. The molecule has 1 aromatic heterocycles. The molecule has 0 saturated heterocycles.